The minimum Gasteiger partial charge on any atom is -0.466 e. The average molecular weight is 199 g/mol. The van der Waals surface area contributed by atoms with Gasteiger partial charge in [-0.05, 0) is 13.8 Å². The second-order valence-corrected chi connectivity index (χ2v) is 4.21. The van der Waals surface area contributed by atoms with Crippen LogP contribution in [-0.2, 0) is 14.3 Å². The summed E-state index contributed by atoms with van der Waals surface area (Å²) >= 11 is 0. The predicted molar refractivity (Wildman–Crippen MR) is 51.5 cm³/mol. The van der Waals surface area contributed by atoms with E-state index in [1.807, 2.05) is 6.92 Å². The highest BCUT2D eigenvalue weighted by atomic mass is 16.5. The maximum Gasteiger partial charge on any atom is 0.312 e. The molecule has 0 aromatic heterocycles. The monoisotopic (exact) mass is 199 g/mol. The van der Waals surface area contributed by atoms with Gasteiger partial charge in [0.2, 0.25) is 5.91 Å². The summed E-state index contributed by atoms with van der Waals surface area (Å²) < 4.78 is 4.95. The third-order valence-electron chi connectivity index (χ3n) is 2.76. The second-order valence-electron chi connectivity index (χ2n) is 4.21. The molecule has 1 aliphatic rings. The Balaban J connectivity index is 2.86. The number of esters is 1. The molecular weight excluding hydrogens is 182 g/mol. The van der Waals surface area contributed by atoms with Gasteiger partial charge in [-0.15, -0.1) is 0 Å². The van der Waals surface area contributed by atoms with Crippen molar-refractivity contribution in [3.63, 3.8) is 0 Å². The lowest BCUT2D eigenvalue weighted by Crippen LogP contribution is -2.35. The van der Waals surface area contributed by atoms with Gasteiger partial charge >= 0.3 is 5.97 Å². The van der Waals surface area contributed by atoms with Crippen molar-refractivity contribution in [2.45, 2.75) is 33.7 Å². The van der Waals surface area contributed by atoms with E-state index in [2.05, 4.69) is 5.32 Å². The van der Waals surface area contributed by atoms with E-state index < -0.39 is 5.41 Å². The van der Waals surface area contributed by atoms with Crippen LogP contribution in [0.1, 0.15) is 27.7 Å². The van der Waals surface area contributed by atoms with Crippen LogP contribution >= 0.6 is 0 Å². The molecule has 4 nitrogen and oxygen atoms in total. The van der Waals surface area contributed by atoms with E-state index in [0.717, 1.165) is 0 Å². The summed E-state index contributed by atoms with van der Waals surface area (Å²) in [6.07, 6.45) is 0. The molecule has 1 rings (SSSR count). The maximum atomic E-state index is 11.6. The van der Waals surface area contributed by atoms with Gasteiger partial charge in [-0.2, -0.15) is 0 Å². The lowest BCUT2D eigenvalue weighted by Gasteiger charge is -2.23. The smallest absolute Gasteiger partial charge is 0.312 e. The van der Waals surface area contributed by atoms with Gasteiger partial charge in [-0.25, -0.2) is 0 Å². The first-order valence-corrected chi connectivity index (χ1v) is 4.88. The first kappa shape index (κ1) is 11.0. The zero-order valence-electron chi connectivity index (χ0n) is 9.09. The van der Waals surface area contributed by atoms with Gasteiger partial charge in [-0.3, -0.25) is 9.59 Å². The van der Waals surface area contributed by atoms with Gasteiger partial charge in [-0.1, -0.05) is 13.8 Å². The molecule has 0 bridgehead atoms. The first-order chi connectivity index (χ1) is 6.41. The van der Waals surface area contributed by atoms with Gasteiger partial charge in [0.25, 0.3) is 0 Å². The Morgan fingerprint density at radius 2 is 2.14 bits per heavy atom. The Morgan fingerprint density at radius 1 is 1.57 bits per heavy atom. The molecule has 1 heterocycles. The van der Waals surface area contributed by atoms with E-state index in [9.17, 15) is 9.59 Å². The number of carbonyl (C=O) groups excluding carboxylic acids is 2. The van der Waals surface area contributed by atoms with Crippen LogP contribution in [-0.4, -0.2) is 24.5 Å². The summed E-state index contributed by atoms with van der Waals surface area (Å²) in [5, 5.41) is 2.76. The molecule has 0 radical (unpaired) electrons. The summed E-state index contributed by atoms with van der Waals surface area (Å²) in [5.74, 6) is -0.749. The molecule has 0 aliphatic carbocycles. The number of rotatable bonds is 2. The third kappa shape index (κ3) is 1.61. The molecule has 1 fully saturated rings. The van der Waals surface area contributed by atoms with E-state index in [-0.39, 0.29) is 23.8 Å². The summed E-state index contributed by atoms with van der Waals surface area (Å²) in [6.45, 7) is 7.49. The van der Waals surface area contributed by atoms with Crippen molar-refractivity contribution in [1.82, 2.24) is 5.32 Å². The van der Waals surface area contributed by atoms with Crippen molar-refractivity contribution in [2.24, 2.45) is 11.3 Å². The second kappa shape index (κ2) is 3.59. The highest BCUT2D eigenvalue weighted by Gasteiger charge is 2.51. The summed E-state index contributed by atoms with van der Waals surface area (Å²) in [6, 6.07) is -0.142. The summed E-state index contributed by atoms with van der Waals surface area (Å²) in [5.41, 5.74) is -0.661. The molecule has 1 saturated heterocycles. The van der Waals surface area contributed by atoms with E-state index in [1.165, 1.54) is 0 Å². The zero-order valence-corrected chi connectivity index (χ0v) is 9.09. The number of nitrogens with one attached hydrogen (secondary N) is 1. The summed E-state index contributed by atoms with van der Waals surface area (Å²) in [4.78, 5) is 23.1. The van der Waals surface area contributed by atoms with E-state index >= 15 is 0 Å². The molecule has 80 valence electrons. The molecule has 0 spiro atoms. The van der Waals surface area contributed by atoms with Crippen LogP contribution < -0.4 is 5.32 Å². The molecule has 1 amide bonds. The fraction of sp³-hybridized carbons (Fsp3) is 0.800. The maximum absolute atomic E-state index is 11.6. The Kier molecular flexibility index (Phi) is 2.83. The van der Waals surface area contributed by atoms with Crippen LogP contribution in [0.5, 0.6) is 0 Å². The Morgan fingerprint density at radius 3 is 2.50 bits per heavy atom. The highest BCUT2D eigenvalue weighted by Crippen LogP contribution is 2.36. The molecular formula is C10H17NO3. The van der Waals surface area contributed by atoms with Crippen molar-refractivity contribution in [1.29, 1.82) is 0 Å². The van der Waals surface area contributed by atoms with Crippen LogP contribution in [0.3, 0.4) is 0 Å². The normalized spacial score (nSPS) is 29.9. The van der Waals surface area contributed by atoms with Crippen LogP contribution in [0.25, 0.3) is 0 Å². The highest BCUT2D eigenvalue weighted by molar-refractivity contribution is 5.92. The van der Waals surface area contributed by atoms with Crippen LogP contribution in [0.15, 0.2) is 0 Å². The van der Waals surface area contributed by atoms with Crippen molar-refractivity contribution in [2.75, 3.05) is 6.61 Å². The number of hydrogen-bond acceptors (Lipinski definition) is 3. The van der Waals surface area contributed by atoms with E-state index in [0.29, 0.717) is 6.61 Å². The lowest BCUT2D eigenvalue weighted by atomic mass is 9.78. The topological polar surface area (TPSA) is 55.4 Å². The van der Waals surface area contributed by atoms with Gasteiger partial charge in [0.05, 0.1) is 17.9 Å². The average Bonchev–Trinajstić information content (AvgIpc) is 2.22. The number of ether oxygens (including phenoxy) is 1. The molecule has 4 heteroatoms. The quantitative estimate of drug-likeness (QED) is 0.666. The molecule has 2 unspecified atom stereocenters. The van der Waals surface area contributed by atoms with Crippen molar-refractivity contribution in [3.05, 3.63) is 0 Å². The summed E-state index contributed by atoms with van der Waals surface area (Å²) in [7, 11) is 0. The molecule has 14 heavy (non-hydrogen) atoms. The lowest BCUT2D eigenvalue weighted by molar-refractivity contribution is -0.153. The van der Waals surface area contributed by atoms with Crippen molar-refractivity contribution >= 4 is 11.9 Å². The largest absolute Gasteiger partial charge is 0.466 e. The number of amides is 1. The minimum absolute atomic E-state index is 0.0805. The van der Waals surface area contributed by atoms with Gasteiger partial charge in [0.15, 0.2) is 0 Å². The van der Waals surface area contributed by atoms with Gasteiger partial charge in [0.1, 0.15) is 0 Å². The molecule has 1 N–H and O–H groups in total. The molecule has 0 aromatic rings. The molecule has 1 aliphatic heterocycles. The first-order valence-electron chi connectivity index (χ1n) is 4.88. The molecule has 0 aromatic carbocycles. The third-order valence-corrected chi connectivity index (χ3v) is 2.76. The minimum atomic E-state index is -0.661. The van der Waals surface area contributed by atoms with Crippen LogP contribution in [0.2, 0.25) is 0 Å². The van der Waals surface area contributed by atoms with Crippen LogP contribution in [0.4, 0.5) is 0 Å². The Hall–Kier alpha value is -1.06. The van der Waals surface area contributed by atoms with E-state index in [4.69, 9.17) is 4.74 Å². The van der Waals surface area contributed by atoms with Crippen molar-refractivity contribution in [3.8, 4) is 0 Å². The van der Waals surface area contributed by atoms with Gasteiger partial charge < -0.3 is 10.1 Å². The zero-order chi connectivity index (χ0) is 10.9. The van der Waals surface area contributed by atoms with E-state index in [1.54, 1.807) is 20.8 Å². The fourth-order valence-electron chi connectivity index (χ4n) is 1.97. The molecule has 2 atom stereocenters. The fourth-order valence-corrected chi connectivity index (χ4v) is 1.97. The number of carbonyl (C=O) groups is 2. The number of hydrogen-bond donors (Lipinski definition) is 1. The van der Waals surface area contributed by atoms with Crippen molar-refractivity contribution < 1.29 is 14.3 Å². The predicted octanol–water partition coefficient (Wildman–Crippen LogP) is 0.710. The SMILES string of the molecule is CCOC(=O)C1C(C)NC(=O)C1(C)C. The Labute approximate surface area is 84.0 Å². The van der Waals surface area contributed by atoms with Gasteiger partial charge in [0, 0.05) is 6.04 Å². The van der Waals surface area contributed by atoms with Crippen LogP contribution in [0, 0.1) is 11.3 Å². The standard InChI is InChI=1S/C10H17NO3/c1-5-14-8(12)7-6(2)11-9(13)10(7,3)4/h6-7H,5H2,1-4H3,(H,11,13). The Bertz CT molecular complexity index is 260. The molecule has 0 saturated carbocycles.